The second kappa shape index (κ2) is 5.61. The zero-order chi connectivity index (χ0) is 11.3. The van der Waals surface area contributed by atoms with E-state index in [1.54, 1.807) is 6.92 Å². The zero-order valence-electron chi connectivity index (χ0n) is 9.79. The fourth-order valence-electron chi connectivity index (χ4n) is 1.83. The van der Waals surface area contributed by atoms with E-state index >= 15 is 0 Å². The van der Waals surface area contributed by atoms with Gasteiger partial charge in [0.25, 0.3) is 0 Å². The van der Waals surface area contributed by atoms with E-state index in [0.29, 0.717) is 18.9 Å². The Balaban J connectivity index is 2.16. The Morgan fingerprint density at radius 2 is 2.33 bits per heavy atom. The maximum absolute atomic E-state index is 11.6. The third-order valence-corrected chi connectivity index (χ3v) is 3.24. The van der Waals surface area contributed by atoms with Crippen molar-refractivity contribution < 1.29 is 14.6 Å². The Labute approximate surface area is 91.8 Å². The van der Waals surface area contributed by atoms with Crippen LogP contribution in [0.2, 0.25) is 0 Å². The van der Waals surface area contributed by atoms with Gasteiger partial charge >= 0.3 is 0 Å². The molecule has 1 N–H and O–H groups in total. The third-order valence-electron chi connectivity index (χ3n) is 3.24. The SMILES string of the molecule is CCC(C)(O)C(=O)CCCC1CCCO1. The van der Waals surface area contributed by atoms with Crippen molar-refractivity contribution in [1.82, 2.24) is 0 Å². The van der Waals surface area contributed by atoms with E-state index in [4.69, 9.17) is 4.74 Å². The zero-order valence-corrected chi connectivity index (χ0v) is 9.79. The van der Waals surface area contributed by atoms with Crippen molar-refractivity contribution in [3.05, 3.63) is 0 Å². The molecule has 0 amide bonds. The molecule has 3 heteroatoms. The number of ether oxygens (including phenoxy) is 1. The molecule has 1 aliphatic rings. The summed E-state index contributed by atoms with van der Waals surface area (Å²) in [6, 6.07) is 0. The number of carbonyl (C=O) groups excluding carboxylic acids is 1. The lowest BCUT2D eigenvalue weighted by molar-refractivity contribution is -0.136. The van der Waals surface area contributed by atoms with E-state index in [9.17, 15) is 9.90 Å². The van der Waals surface area contributed by atoms with Gasteiger partial charge in [-0.15, -0.1) is 0 Å². The number of hydrogen-bond donors (Lipinski definition) is 1. The molecule has 0 aromatic rings. The highest BCUT2D eigenvalue weighted by molar-refractivity contribution is 5.86. The summed E-state index contributed by atoms with van der Waals surface area (Å²) in [5.41, 5.74) is -1.13. The van der Waals surface area contributed by atoms with Gasteiger partial charge in [0.15, 0.2) is 5.78 Å². The molecule has 15 heavy (non-hydrogen) atoms. The molecule has 2 atom stereocenters. The van der Waals surface area contributed by atoms with Crippen molar-refractivity contribution in [1.29, 1.82) is 0 Å². The summed E-state index contributed by atoms with van der Waals surface area (Å²) < 4.78 is 5.47. The lowest BCUT2D eigenvalue weighted by atomic mass is 9.93. The topological polar surface area (TPSA) is 46.5 Å². The smallest absolute Gasteiger partial charge is 0.164 e. The highest BCUT2D eigenvalue weighted by Crippen LogP contribution is 2.20. The lowest BCUT2D eigenvalue weighted by Crippen LogP contribution is -2.34. The second-order valence-electron chi connectivity index (χ2n) is 4.58. The van der Waals surface area contributed by atoms with Crippen molar-refractivity contribution in [2.75, 3.05) is 6.61 Å². The van der Waals surface area contributed by atoms with Crippen LogP contribution in [0.5, 0.6) is 0 Å². The normalized spacial score (nSPS) is 25.1. The quantitative estimate of drug-likeness (QED) is 0.736. The summed E-state index contributed by atoms with van der Waals surface area (Å²) in [4.78, 5) is 11.6. The van der Waals surface area contributed by atoms with E-state index in [1.165, 1.54) is 0 Å². The van der Waals surface area contributed by atoms with E-state index in [0.717, 1.165) is 32.3 Å². The predicted octanol–water partition coefficient (Wildman–Crippen LogP) is 2.07. The predicted molar refractivity (Wildman–Crippen MR) is 58.7 cm³/mol. The number of aliphatic hydroxyl groups is 1. The van der Waals surface area contributed by atoms with E-state index < -0.39 is 5.60 Å². The summed E-state index contributed by atoms with van der Waals surface area (Å²) in [7, 11) is 0. The van der Waals surface area contributed by atoms with Crippen molar-refractivity contribution in [2.24, 2.45) is 0 Å². The van der Waals surface area contributed by atoms with Crippen molar-refractivity contribution in [3.8, 4) is 0 Å². The van der Waals surface area contributed by atoms with Crippen LogP contribution in [0.1, 0.15) is 52.4 Å². The van der Waals surface area contributed by atoms with E-state index in [2.05, 4.69) is 0 Å². The average molecular weight is 214 g/mol. The first kappa shape index (κ1) is 12.7. The Morgan fingerprint density at radius 1 is 1.60 bits per heavy atom. The van der Waals surface area contributed by atoms with Crippen LogP contribution >= 0.6 is 0 Å². The van der Waals surface area contributed by atoms with Crippen LogP contribution in [0.3, 0.4) is 0 Å². The van der Waals surface area contributed by atoms with Crippen LogP contribution in [0.15, 0.2) is 0 Å². The van der Waals surface area contributed by atoms with Crippen LogP contribution < -0.4 is 0 Å². The minimum Gasteiger partial charge on any atom is -0.382 e. The molecule has 0 radical (unpaired) electrons. The molecule has 1 saturated heterocycles. The summed E-state index contributed by atoms with van der Waals surface area (Å²) in [5.74, 6) is -0.0389. The Kier molecular flexibility index (Phi) is 4.74. The van der Waals surface area contributed by atoms with Gasteiger partial charge in [-0.25, -0.2) is 0 Å². The van der Waals surface area contributed by atoms with Gasteiger partial charge in [0.1, 0.15) is 5.60 Å². The highest BCUT2D eigenvalue weighted by Gasteiger charge is 2.27. The largest absolute Gasteiger partial charge is 0.382 e. The summed E-state index contributed by atoms with van der Waals surface area (Å²) >= 11 is 0. The van der Waals surface area contributed by atoms with Crippen LogP contribution in [0.4, 0.5) is 0 Å². The molecule has 0 aromatic heterocycles. The Hall–Kier alpha value is -0.410. The number of rotatable bonds is 6. The Morgan fingerprint density at radius 3 is 2.87 bits per heavy atom. The molecule has 1 fully saturated rings. The van der Waals surface area contributed by atoms with Gasteiger partial charge < -0.3 is 9.84 Å². The minimum absolute atomic E-state index is 0.0389. The van der Waals surface area contributed by atoms with E-state index in [1.807, 2.05) is 6.92 Å². The number of carbonyl (C=O) groups is 1. The molecule has 0 aliphatic carbocycles. The maximum atomic E-state index is 11.6. The molecule has 0 saturated carbocycles. The molecular weight excluding hydrogens is 192 g/mol. The molecule has 1 rings (SSSR count). The van der Waals surface area contributed by atoms with Gasteiger partial charge in [-0.3, -0.25) is 4.79 Å². The van der Waals surface area contributed by atoms with Gasteiger partial charge in [0, 0.05) is 13.0 Å². The fourth-order valence-corrected chi connectivity index (χ4v) is 1.83. The molecule has 3 nitrogen and oxygen atoms in total. The first-order valence-electron chi connectivity index (χ1n) is 5.93. The lowest BCUT2D eigenvalue weighted by Gasteiger charge is -2.19. The van der Waals surface area contributed by atoms with Crippen LogP contribution in [0.25, 0.3) is 0 Å². The number of Topliss-reactive ketones (excluding diaryl/α,β-unsaturated/α-hetero) is 1. The summed E-state index contributed by atoms with van der Waals surface area (Å²) in [5, 5.41) is 9.70. The van der Waals surface area contributed by atoms with E-state index in [-0.39, 0.29) is 5.78 Å². The highest BCUT2D eigenvalue weighted by atomic mass is 16.5. The minimum atomic E-state index is -1.13. The molecule has 88 valence electrons. The van der Waals surface area contributed by atoms with Gasteiger partial charge in [-0.2, -0.15) is 0 Å². The number of hydrogen-bond acceptors (Lipinski definition) is 3. The van der Waals surface area contributed by atoms with Gasteiger partial charge in [0.2, 0.25) is 0 Å². The molecule has 1 heterocycles. The first-order chi connectivity index (χ1) is 7.06. The van der Waals surface area contributed by atoms with Crippen molar-refractivity contribution in [3.63, 3.8) is 0 Å². The second-order valence-corrected chi connectivity index (χ2v) is 4.58. The fraction of sp³-hybridized carbons (Fsp3) is 0.917. The van der Waals surface area contributed by atoms with Crippen molar-refractivity contribution >= 4 is 5.78 Å². The maximum Gasteiger partial charge on any atom is 0.164 e. The van der Waals surface area contributed by atoms with Crippen LogP contribution in [0, 0.1) is 0 Å². The summed E-state index contributed by atoms with van der Waals surface area (Å²) in [6.45, 7) is 4.30. The molecule has 0 aromatic carbocycles. The molecule has 1 aliphatic heterocycles. The molecule has 2 unspecified atom stereocenters. The average Bonchev–Trinajstić information content (AvgIpc) is 2.70. The molecule has 0 bridgehead atoms. The van der Waals surface area contributed by atoms with Gasteiger partial charge in [-0.05, 0) is 39.0 Å². The molecular formula is C12H22O3. The van der Waals surface area contributed by atoms with Gasteiger partial charge in [0.05, 0.1) is 6.10 Å². The molecule has 0 spiro atoms. The van der Waals surface area contributed by atoms with Gasteiger partial charge in [-0.1, -0.05) is 6.92 Å². The Bertz CT molecular complexity index is 205. The summed E-state index contributed by atoms with van der Waals surface area (Å²) in [6.07, 6.45) is 5.37. The van der Waals surface area contributed by atoms with Crippen molar-refractivity contribution in [2.45, 2.75) is 64.1 Å². The monoisotopic (exact) mass is 214 g/mol. The first-order valence-corrected chi connectivity index (χ1v) is 5.93. The number of ketones is 1. The van der Waals surface area contributed by atoms with Crippen LogP contribution in [-0.2, 0) is 9.53 Å². The standard InChI is InChI=1S/C12H22O3/c1-3-12(2,14)11(13)8-4-6-10-7-5-9-15-10/h10,14H,3-9H2,1-2H3. The third kappa shape index (κ3) is 3.92. The van der Waals surface area contributed by atoms with Crippen LogP contribution in [-0.4, -0.2) is 29.2 Å².